The molecular weight excluding hydrogens is 266 g/mol. The van der Waals surface area contributed by atoms with Crippen molar-refractivity contribution in [2.75, 3.05) is 0 Å². The first kappa shape index (κ1) is 13.9. The van der Waals surface area contributed by atoms with Gasteiger partial charge in [0.05, 0.1) is 0 Å². The monoisotopic (exact) mass is 285 g/mol. The van der Waals surface area contributed by atoms with Gasteiger partial charge in [-0.2, -0.15) is 0 Å². The minimum atomic E-state index is -1.16. The minimum Gasteiger partial charge on any atom is -0.490 e. The number of benzene rings is 2. The third kappa shape index (κ3) is 2.72. The Balaban J connectivity index is 1.84. The minimum absolute atomic E-state index is 0.148. The molecular formula is C17H19NO3. The molecule has 1 aliphatic carbocycles. The molecule has 0 radical (unpaired) electrons. The zero-order valence-electron chi connectivity index (χ0n) is 11.8. The average molecular weight is 285 g/mol. The number of hydrogen-bond acceptors (Lipinski definition) is 3. The van der Waals surface area contributed by atoms with Crippen molar-refractivity contribution in [2.24, 2.45) is 5.73 Å². The van der Waals surface area contributed by atoms with Gasteiger partial charge in [-0.3, -0.25) is 4.79 Å². The number of carboxylic acids is 1. The van der Waals surface area contributed by atoms with Crippen LogP contribution >= 0.6 is 0 Å². The second kappa shape index (κ2) is 5.37. The number of fused-ring (bicyclic) bond motifs is 1. The van der Waals surface area contributed by atoms with Crippen LogP contribution in [0.25, 0.3) is 10.8 Å². The van der Waals surface area contributed by atoms with E-state index in [9.17, 15) is 9.90 Å². The zero-order valence-corrected chi connectivity index (χ0v) is 11.8. The molecule has 3 N–H and O–H groups in total. The topological polar surface area (TPSA) is 72.6 Å². The fourth-order valence-electron chi connectivity index (χ4n) is 3.03. The Hall–Kier alpha value is -2.07. The maximum absolute atomic E-state index is 11.3. The summed E-state index contributed by atoms with van der Waals surface area (Å²) in [4.78, 5) is 11.3. The first-order chi connectivity index (χ1) is 10.1. The molecule has 1 fully saturated rings. The van der Waals surface area contributed by atoms with E-state index in [0.717, 1.165) is 29.4 Å². The molecule has 3 rings (SSSR count). The van der Waals surface area contributed by atoms with Crippen molar-refractivity contribution in [1.29, 1.82) is 0 Å². The van der Waals surface area contributed by atoms with Gasteiger partial charge in [0.2, 0.25) is 0 Å². The number of hydrogen-bond donors (Lipinski definition) is 2. The first-order valence-corrected chi connectivity index (χ1v) is 7.25. The molecule has 1 aliphatic rings. The molecule has 2 unspecified atom stereocenters. The zero-order chi connectivity index (χ0) is 14.9. The third-order valence-corrected chi connectivity index (χ3v) is 4.21. The van der Waals surface area contributed by atoms with E-state index in [4.69, 9.17) is 10.5 Å². The Kier molecular flexibility index (Phi) is 3.55. The van der Waals surface area contributed by atoms with E-state index in [0.29, 0.717) is 12.8 Å². The number of nitrogens with two attached hydrogens (primary N) is 1. The van der Waals surface area contributed by atoms with E-state index in [1.54, 1.807) is 0 Å². The molecule has 0 aliphatic heterocycles. The highest BCUT2D eigenvalue weighted by atomic mass is 16.5. The standard InChI is InChI=1S/C17H19NO3/c18-17(16(19)20)10-4-7-13(11-17)21-15-9-3-6-12-5-1-2-8-14(12)15/h1-3,5-6,8-9,13H,4,7,10-11,18H2,(H,19,20). The fraction of sp³-hybridized carbons (Fsp3) is 0.353. The lowest BCUT2D eigenvalue weighted by molar-refractivity contribution is -0.145. The molecule has 110 valence electrons. The van der Waals surface area contributed by atoms with Gasteiger partial charge in [0, 0.05) is 11.8 Å². The van der Waals surface area contributed by atoms with Crippen LogP contribution in [0.1, 0.15) is 25.7 Å². The van der Waals surface area contributed by atoms with Crippen LogP contribution in [0.2, 0.25) is 0 Å². The first-order valence-electron chi connectivity index (χ1n) is 7.25. The highest BCUT2D eigenvalue weighted by Gasteiger charge is 2.40. The van der Waals surface area contributed by atoms with Crippen LogP contribution in [-0.2, 0) is 4.79 Å². The predicted octanol–water partition coefficient (Wildman–Crippen LogP) is 2.94. The van der Waals surface area contributed by atoms with Gasteiger partial charge in [-0.05, 0) is 30.7 Å². The number of carboxylic acid groups (broad SMARTS) is 1. The van der Waals surface area contributed by atoms with E-state index < -0.39 is 11.5 Å². The van der Waals surface area contributed by atoms with E-state index in [2.05, 4.69) is 0 Å². The molecule has 0 bridgehead atoms. The smallest absolute Gasteiger partial charge is 0.323 e. The molecule has 0 heterocycles. The molecule has 4 nitrogen and oxygen atoms in total. The molecule has 4 heteroatoms. The van der Waals surface area contributed by atoms with Gasteiger partial charge in [0.1, 0.15) is 17.4 Å². The van der Waals surface area contributed by atoms with Crippen LogP contribution in [-0.4, -0.2) is 22.7 Å². The molecule has 2 atom stereocenters. The van der Waals surface area contributed by atoms with Crippen molar-refractivity contribution >= 4 is 16.7 Å². The number of rotatable bonds is 3. The van der Waals surface area contributed by atoms with Gasteiger partial charge < -0.3 is 15.6 Å². The summed E-state index contributed by atoms with van der Waals surface area (Å²) in [6, 6.07) is 13.9. The Morgan fingerprint density at radius 3 is 2.81 bits per heavy atom. The normalized spacial score (nSPS) is 25.7. The molecule has 0 saturated heterocycles. The Morgan fingerprint density at radius 1 is 1.24 bits per heavy atom. The molecule has 0 spiro atoms. The van der Waals surface area contributed by atoms with Gasteiger partial charge >= 0.3 is 5.97 Å². The predicted molar refractivity (Wildman–Crippen MR) is 81.4 cm³/mol. The number of carbonyl (C=O) groups is 1. The van der Waals surface area contributed by atoms with Crippen molar-refractivity contribution in [3.05, 3.63) is 42.5 Å². The van der Waals surface area contributed by atoms with Gasteiger partial charge in [-0.25, -0.2) is 0 Å². The van der Waals surface area contributed by atoms with Crippen molar-refractivity contribution in [3.63, 3.8) is 0 Å². The largest absolute Gasteiger partial charge is 0.490 e. The van der Waals surface area contributed by atoms with E-state index >= 15 is 0 Å². The molecule has 0 amide bonds. The Labute approximate surface area is 123 Å². The second-order valence-corrected chi connectivity index (χ2v) is 5.77. The Bertz CT molecular complexity index is 665. The van der Waals surface area contributed by atoms with Gasteiger partial charge in [-0.1, -0.05) is 36.4 Å². The third-order valence-electron chi connectivity index (χ3n) is 4.21. The lowest BCUT2D eigenvalue weighted by atomic mass is 9.81. The molecule has 21 heavy (non-hydrogen) atoms. The molecule has 0 aromatic heterocycles. The van der Waals surface area contributed by atoms with Crippen LogP contribution in [0.5, 0.6) is 5.75 Å². The van der Waals surface area contributed by atoms with Crippen LogP contribution < -0.4 is 10.5 Å². The van der Waals surface area contributed by atoms with Crippen LogP contribution in [0.3, 0.4) is 0 Å². The maximum Gasteiger partial charge on any atom is 0.323 e. The molecule has 2 aromatic rings. The fourth-order valence-corrected chi connectivity index (χ4v) is 3.03. The summed E-state index contributed by atoms with van der Waals surface area (Å²) in [6.45, 7) is 0. The van der Waals surface area contributed by atoms with Crippen molar-refractivity contribution in [3.8, 4) is 5.75 Å². The highest BCUT2D eigenvalue weighted by molar-refractivity contribution is 5.88. The number of aliphatic carboxylic acids is 1. The summed E-state index contributed by atoms with van der Waals surface area (Å²) >= 11 is 0. The maximum atomic E-state index is 11.3. The van der Waals surface area contributed by atoms with Crippen molar-refractivity contribution < 1.29 is 14.6 Å². The number of ether oxygens (including phenoxy) is 1. The molecule has 1 saturated carbocycles. The summed E-state index contributed by atoms with van der Waals surface area (Å²) in [5.41, 5.74) is 4.82. The summed E-state index contributed by atoms with van der Waals surface area (Å²) in [7, 11) is 0. The quantitative estimate of drug-likeness (QED) is 0.909. The van der Waals surface area contributed by atoms with Gasteiger partial charge in [0.15, 0.2) is 0 Å². The SMILES string of the molecule is NC1(C(=O)O)CCCC(Oc2cccc3ccccc23)C1. The van der Waals surface area contributed by atoms with Gasteiger partial charge in [-0.15, -0.1) is 0 Å². The summed E-state index contributed by atoms with van der Waals surface area (Å²) in [5, 5.41) is 11.4. The van der Waals surface area contributed by atoms with E-state index in [1.165, 1.54) is 0 Å². The van der Waals surface area contributed by atoms with Gasteiger partial charge in [0.25, 0.3) is 0 Å². The van der Waals surface area contributed by atoms with Crippen molar-refractivity contribution in [2.45, 2.75) is 37.3 Å². The summed E-state index contributed by atoms with van der Waals surface area (Å²) < 4.78 is 6.07. The average Bonchev–Trinajstić information content (AvgIpc) is 2.48. The van der Waals surface area contributed by atoms with Crippen molar-refractivity contribution in [1.82, 2.24) is 0 Å². The second-order valence-electron chi connectivity index (χ2n) is 5.77. The molecule has 2 aromatic carbocycles. The van der Waals surface area contributed by atoms with Crippen LogP contribution in [0, 0.1) is 0 Å². The summed E-state index contributed by atoms with van der Waals surface area (Å²) in [5.74, 6) is -0.138. The lowest BCUT2D eigenvalue weighted by Gasteiger charge is -2.34. The summed E-state index contributed by atoms with van der Waals surface area (Å²) in [6.07, 6.45) is 2.34. The van der Waals surface area contributed by atoms with E-state index in [-0.39, 0.29) is 6.10 Å². The highest BCUT2D eigenvalue weighted by Crippen LogP contribution is 2.32. The Morgan fingerprint density at radius 2 is 2.00 bits per heavy atom. The lowest BCUT2D eigenvalue weighted by Crippen LogP contribution is -2.53. The van der Waals surface area contributed by atoms with Crippen LogP contribution in [0.15, 0.2) is 42.5 Å². The van der Waals surface area contributed by atoms with Crippen LogP contribution in [0.4, 0.5) is 0 Å². The van der Waals surface area contributed by atoms with E-state index in [1.807, 2.05) is 42.5 Å².